The topological polar surface area (TPSA) is 196 Å². The van der Waals surface area contributed by atoms with Crippen molar-refractivity contribution < 1.29 is 49.2 Å². The summed E-state index contributed by atoms with van der Waals surface area (Å²) in [5, 5.41) is 38.7. The highest BCUT2D eigenvalue weighted by Crippen LogP contribution is 2.14. The van der Waals surface area contributed by atoms with Crippen molar-refractivity contribution in [2.75, 3.05) is 65.4 Å². The molecule has 1 saturated heterocycles. The van der Waals surface area contributed by atoms with Gasteiger partial charge >= 0.3 is 23.9 Å². The summed E-state index contributed by atoms with van der Waals surface area (Å²) >= 11 is 0. The summed E-state index contributed by atoms with van der Waals surface area (Å²) in [5.41, 5.74) is 0. The van der Waals surface area contributed by atoms with Gasteiger partial charge in [0.2, 0.25) is 0 Å². The fraction of sp³-hybridized carbons (Fsp3) is 0.769. The van der Waals surface area contributed by atoms with E-state index in [4.69, 9.17) is 0 Å². The molecule has 2 atom stereocenters. The van der Waals surface area contributed by atoms with E-state index in [2.05, 4.69) is 0 Å². The third-order valence-corrected chi connectivity index (χ3v) is 7.06. The second-order valence-corrected chi connectivity index (χ2v) is 10.5. The molecule has 14 nitrogen and oxygen atoms in total. The summed E-state index contributed by atoms with van der Waals surface area (Å²) in [4.78, 5) is 77.6. The first-order chi connectivity index (χ1) is 18.7. The number of nitrogens with zero attached hydrogens (tertiary/aromatic N) is 4. The zero-order chi connectivity index (χ0) is 30.4. The van der Waals surface area contributed by atoms with Crippen LogP contribution >= 0.6 is 0 Å². The van der Waals surface area contributed by atoms with Crippen molar-refractivity contribution in [1.29, 1.82) is 0 Å². The maximum Gasteiger partial charge on any atom is 0.320 e. The summed E-state index contributed by atoms with van der Waals surface area (Å²) in [6.45, 7) is 5.37. The van der Waals surface area contributed by atoms with Crippen molar-refractivity contribution in [3.05, 3.63) is 0 Å². The molecule has 228 valence electrons. The number of hydrogen-bond acceptors (Lipinski definition) is 10. The average Bonchev–Trinajstić information content (AvgIpc) is 2.83. The normalized spacial score (nSPS) is 18.8. The van der Waals surface area contributed by atoms with Gasteiger partial charge < -0.3 is 25.2 Å². The third-order valence-electron chi connectivity index (χ3n) is 7.06. The maximum absolute atomic E-state index is 12.2. The molecule has 0 radical (unpaired) electrons. The highest BCUT2D eigenvalue weighted by atomic mass is 16.4. The Morgan fingerprint density at radius 3 is 1.23 bits per heavy atom. The number of ketones is 2. The number of carboxylic acids is 4. The summed E-state index contributed by atoms with van der Waals surface area (Å²) in [5.74, 6) is -4.93. The second-order valence-electron chi connectivity index (χ2n) is 10.5. The highest BCUT2D eigenvalue weighted by Gasteiger charge is 2.30. The van der Waals surface area contributed by atoms with Gasteiger partial charge in [0.1, 0.15) is 23.7 Å². The monoisotopic (exact) mass is 572 g/mol. The van der Waals surface area contributed by atoms with Crippen LogP contribution in [0.2, 0.25) is 0 Å². The lowest BCUT2D eigenvalue weighted by atomic mass is 10.0. The summed E-state index contributed by atoms with van der Waals surface area (Å²) in [6.07, 6.45) is 0.241. The van der Waals surface area contributed by atoms with E-state index in [0.29, 0.717) is 0 Å². The van der Waals surface area contributed by atoms with Crippen LogP contribution in [-0.4, -0.2) is 153 Å². The standard InChI is InChI=1S/C26H44N4O10/c1-18(2)22(32)7-6-21(26(39)40)30-14-10-27(16-23(33)34)8-12-29(20(25(37)38)5-4-19(3)31)13-9-28(11-15-30)17-24(35)36/h18,20-21H,4-17H2,1-3H3,(H,33,34)(H,35,36)(H,37,38)(H,39,40)/t20?,21-/m0/s1. The predicted octanol–water partition coefficient (Wildman–Crippen LogP) is -0.342. The lowest BCUT2D eigenvalue weighted by molar-refractivity contribution is -0.145. The van der Waals surface area contributed by atoms with Gasteiger partial charge in [-0.1, -0.05) is 13.8 Å². The van der Waals surface area contributed by atoms with Crippen LogP contribution in [0.5, 0.6) is 0 Å². The van der Waals surface area contributed by atoms with Gasteiger partial charge in [-0.05, 0) is 19.8 Å². The molecule has 0 spiro atoms. The first-order valence-electron chi connectivity index (χ1n) is 13.5. The van der Waals surface area contributed by atoms with Crippen LogP contribution in [0, 0.1) is 5.92 Å². The van der Waals surface area contributed by atoms with Crippen LogP contribution in [0.15, 0.2) is 0 Å². The zero-order valence-electron chi connectivity index (χ0n) is 23.7. The van der Waals surface area contributed by atoms with E-state index in [0.717, 1.165) is 0 Å². The lowest BCUT2D eigenvalue weighted by Gasteiger charge is -2.37. The Morgan fingerprint density at radius 1 is 0.600 bits per heavy atom. The van der Waals surface area contributed by atoms with Gasteiger partial charge in [0.05, 0.1) is 13.1 Å². The van der Waals surface area contributed by atoms with E-state index < -0.39 is 36.0 Å². The number of carbonyl (C=O) groups is 6. The number of hydrogen-bond donors (Lipinski definition) is 4. The third kappa shape index (κ3) is 13.4. The van der Waals surface area contributed by atoms with Crippen LogP contribution in [0.25, 0.3) is 0 Å². The van der Waals surface area contributed by atoms with E-state index in [-0.39, 0.29) is 109 Å². The van der Waals surface area contributed by atoms with Crippen LogP contribution in [0.4, 0.5) is 0 Å². The maximum atomic E-state index is 12.2. The minimum absolute atomic E-state index is 0.0516. The van der Waals surface area contributed by atoms with Crippen molar-refractivity contribution in [3.8, 4) is 0 Å². The Balaban J connectivity index is 3.27. The Labute approximate surface area is 234 Å². The minimum Gasteiger partial charge on any atom is -0.480 e. The second kappa shape index (κ2) is 17.7. The van der Waals surface area contributed by atoms with Crippen molar-refractivity contribution in [3.63, 3.8) is 0 Å². The molecule has 0 aromatic heterocycles. The van der Waals surface area contributed by atoms with E-state index >= 15 is 0 Å². The fourth-order valence-corrected chi connectivity index (χ4v) is 4.68. The summed E-state index contributed by atoms with van der Waals surface area (Å²) < 4.78 is 0. The molecule has 1 aliphatic heterocycles. The van der Waals surface area contributed by atoms with Crippen LogP contribution in [0.3, 0.4) is 0 Å². The molecule has 0 saturated carbocycles. The Kier molecular flexibility index (Phi) is 15.5. The number of Topliss-reactive ketones (excluding diaryl/α,β-unsaturated/α-hetero) is 2. The molecule has 1 heterocycles. The number of aliphatic carboxylic acids is 4. The molecule has 1 rings (SSSR count). The molecule has 0 bridgehead atoms. The predicted molar refractivity (Wildman–Crippen MR) is 143 cm³/mol. The number of rotatable bonds is 15. The molecule has 0 aromatic rings. The van der Waals surface area contributed by atoms with E-state index in [1.54, 1.807) is 33.4 Å². The molecule has 0 amide bonds. The Hall–Kier alpha value is -2.94. The largest absolute Gasteiger partial charge is 0.480 e. The van der Waals surface area contributed by atoms with Gasteiger partial charge in [-0.15, -0.1) is 0 Å². The molecular weight excluding hydrogens is 528 g/mol. The van der Waals surface area contributed by atoms with Gasteiger partial charge in [0.25, 0.3) is 0 Å². The molecule has 1 fully saturated rings. The average molecular weight is 573 g/mol. The van der Waals surface area contributed by atoms with E-state index in [9.17, 15) is 49.2 Å². The molecule has 1 unspecified atom stereocenters. The quantitative estimate of drug-likeness (QED) is 0.199. The van der Waals surface area contributed by atoms with E-state index in [1.165, 1.54) is 6.92 Å². The Morgan fingerprint density at radius 2 is 0.950 bits per heavy atom. The molecule has 4 N–H and O–H groups in total. The number of carbonyl (C=O) groups excluding carboxylic acids is 2. The molecule has 0 aliphatic carbocycles. The summed E-state index contributed by atoms with van der Waals surface area (Å²) in [7, 11) is 0. The van der Waals surface area contributed by atoms with Crippen LogP contribution in [0.1, 0.15) is 46.5 Å². The first kappa shape index (κ1) is 35.1. The SMILES string of the molecule is CC(=O)CCC(C(=O)O)N1CCN(CC(=O)O)CCN([C@@H](CCC(=O)C(C)C)C(=O)O)CCN(CC(=O)O)CC1. The van der Waals surface area contributed by atoms with Crippen LogP contribution in [-0.2, 0) is 28.8 Å². The molecule has 1 aliphatic rings. The molecule has 40 heavy (non-hydrogen) atoms. The smallest absolute Gasteiger partial charge is 0.320 e. The zero-order valence-corrected chi connectivity index (χ0v) is 23.7. The van der Waals surface area contributed by atoms with Crippen molar-refractivity contribution in [2.24, 2.45) is 5.92 Å². The Bertz CT molecular complexity index is 865. The van der Waals surface area contributed by atoms with Gasteiger partial charge in [0.15, 0.2) is 0 Å². The minimum atomic E-state index is -1.13. The van der Waals surface area contributed by atoms with Crippen molar-refractivity contribution >= 4 is 35.4 Å². The fourth-order valence-electron chi connectivity index (χ4n) is 4.68. The molecule has 14 heteroatoms. The van der Waals surface area contributed by atoms with Gasteiger partial charge in [0, 0.05) is 71.1 Å². The van der Waals surface area contributed by atoms with Gasteiger partial charge in [-0.25, -0.2) is 0 Å². The molecule has 0 aromatic carbocycles. The van der Waals surface area contributed by atoms with Gasteiger partial charge in [-0.2, -0.15) is 0 Å². The van der Waals surface area contributed by atoms with E-state index in [1.807, 2.05) is 0 Å². The highest BCUT2D eigenvalue weighted by molar-refractivity contribution is 5.81. The number of carboxylic acid groups (broad SMARTS) is 4. The van der Waals surface area contributed by atoms with Crippen molar-refractivity contribution in [2.45, 2.75) is 58.5 Å². The van der Waals surface area contributed by atoms with Crippen LogP contribution < -0.4 is 0 Å². The first-order valence-corrected chi connectivity index (χ1v) is 13.5. The molecular formula is C26H44N4O10. The summed E-state index contributed by atoms with van der Waals surface area (Å²) in [6, 6.07) is -2.04. The van der Waals surface area contributed by atoms with Crippen molar-refractivity contribution in [1.82, 2.24) is 19.6 Å². The lowest BCUT2D eigenvalue weighted by Crippen LogP contribution is -2.53. The van der Waals surface area contributed by atoms with Gasteiger partial charge in [-0.3, -0.25) is 43.6 Å².